The van der Waals surface area contributed by atoms with Crippen LogP contribution in [-0.4, -0.2) is 47.0 Å². The molecule has 1 aliphatic carbocycles. The number of nitrogens with one attached hydrogen (secondary N) is 1. The molecule has 30 heavy (non-hydrogen) atoms. The second-order valence-corrected chi connectivity index (χ2v) is 7.63. The molecule has 3 atom stereocenters. The van der Waals surface area contributed by atoms with Crippen LogP contribution in [0.2, 0.25) is 0 Å². The fraction of sp³-hybridized carbons (Fsp3) is 0.476. The average Bonchev–Trinajstić information content (AvgIpc) is 2.95. The van der Waals surface area contributed by atoms with Crippen molar-refractivity contribution in [1.82, 2.24) is 4.90 Å². The minimum atomic E-state index is -1.16. The van der Waals surface area contributed by atoms with Crippen LogP contribution < -0.4 is 5.32 Å². The van der Waals surface area contributed by atoms with Gasteiger partial charge >= 0.3 is 5.97 Å². The minimum Gasteiger partial charge on any atom is -0.456 e. The number of carbonyl (C=O) groups is 5. The van der Waals surface area contributed by atoms with Crippen LogP contribution in [0.4, 0.5) is 10.1 Å². The number of ketones is 1. The summed E-state index contributed by atoms with van der Waals surface area (Å²) in [4.78, 5) is 61.7. The van der Waals surface area contributed by atoms with E-state index in [1.54, 1.807) is 0 Å². The van der Waals surface area contributed by atoms with Gasteiger partial charge in [0.25, 0.3) is 0 Å². The number of hydrogen-bond acceptors (Lipinski definition) is 6. The van der Waals surface area contributed by atoms with Crippen molar-refractivity contribution in [2.24, 2.45) is 11.8 Å². The zero-order chi connectivity index (χ0) is 22.0. The van der Waals surface area contributed by atoms with E-state index >= 15 is 0 Å². The molecule has 3 rings (SSSR count). The van der Waals surface area contributed by atoms with Gasteiger partial charge < -0.3 is 10.1 Å². The maximum absolute atomic E-state index is 14.1. The molecule has 9 heteroatoms. The molecule has 2 fully saturated rings. The second-order valence-electron chi connectivity index (χ2n) is 7.63. The Morgan fingerprint density at radius 1 is 1.17 bits per heavy atom. The van der Waals surface area contributed by atoms with Crippen LogP contribution in [0, 0.1) is 17.7 Å². The third kappa shape index (κ3) is 4.24. The molecule has 0 unspecified atom stereocenters. The SMILES string of the molecule is CC(=O)Nc1ccc(C(=O)COC(=O)[C@H](C)N2C(=O)[C@@H]3CCCC[C@H]3C2=O)c(F)c1. The first kappa shape index (κ1) is 21.6. The summed E-state index contributed by atoms with van der Waals surface area (Å²) in [5, 5.41) is 2.39. The summed E-state index contributed by atoms with van der Waals surface area (Å²) in [6.07, 6.45) is 2.99. The number of nitrogens with zero attached hydrogens (tertiary/aromatic N) is 1. The summed E-state index contributed by atoms with van der Waals surface area (Å²) in [6.45, 7) is 1.91. The summed E-state index contributed by atoms with van der Waals surface area (Å²) in [5.74, 6) is -4.47. The van der Waals surface area contributed by atoms with Crippen LogP contribution in [0.25, 0.3) is 0 Å². The first-order valence-corrected chi connectivity index (χ1v) is 9.84. The number of Topliss-reactive ketones (excluding diaryl/α,β-unsaturated/α-hetero) is 1. The minimum absolute atomic E-state index is 0.190. The molecule has 1 saturated heterocycles. The Hall–Kier alpha value is -3.10. The van der Waals surface area contributed by atoms with Crippen molar-refractivity contribution < 1.29 is 33.1 Å². The van der Waals surface area contributed by atoms with Crippen LogP contribution in [-0.2, 0) is 23.9 Å². The number of benzene rings is 1. The van der Waals surface area contributed by atoms with Gasteiger partial charge in [-0.25, -0.2) is 9.18 Å². The predicted octanol–water partition coefficient (Wildman–Crippen LogP) is 2.07. The number of carbonyl (C=O) groups excluding carboxylic acids is 5. The van der Waals surface area contributed by atoms with E-state index in [2.05, 4.69) is 5.32 Å². The van der Waals surface area contributed by atoms with E-state index in [0.29, 0.717) is 12.8 Å². The monoisotopic (exact) mass is 418 g/mol. The maximum atomic E-state index is 14.1. The fourth-order valence-corrected chi connectivity index (χ4v) is 4.03. The topological polar surface area (TPSA) is 110 Å². The number of fused-ring (bicyclic) bond motifs is 1. The van der Waals surface area contributed by atoms with Crippen molar-refractivity contribution in [2.75, 3.05) is 11.9 Å². The van der Waals surface area contributed by atoms with Crippen LogP contribution in [0.3, 0.4) is 0 Å². The molecule has 1 aliphatic heterocycles. The van der Waals surface area contributed by atoms with E-state index in [4.69, 9.17) is 4.74 Å². The van der Waals surface area contributed by atoms with E-state index in [0.717, 1.165) is 23.8 Å². The van der Waals surface area contributed by atoms with Crippen LogP contribution in [0.15, 0.2) is 18.2 Å². The van der Waals surface area contributed by atoms with Crippen molar-refractivity contribution in [3.63, 3.8) is 0 Å². The molecule has 1 N–H and O–H groups in total. The van der Waals surface area contributed by atoms with E-state index in [9.17, 15) is 28.4 Å². The van der Waals surface area contributed by atoms with E-state index < -0.39 is 30.2 Å². The van der Waals surface area contributed by atoms with Crippen LogP contribution in [0.1, 0.15) is 49.9 Å². The Labute approximate surface area is 172 Å². The zero-order valence-corrected chi connectivity index (χ0v) is 16.8. The third-order valence-corrected chi connectivity index (χ3v) is 5.54. The highest BCUT2D eigenvalue weighted by Gasteiger charge is 2.51. The zero-order valence-electron chi connectivity index (χ0n) is 16.8. The number of anilines is 1. The molecule has 1 aromatic carbocycles. The molecule has 160 valence electrons. The van der Waals surface area contributed by atoms with Gasteiger partial charge in [-0.2, -0.15) is 0 Å². The molecule has 1 aromatic rings. The summed E-state index contributed by atoms with van der Waals surface area (Å²) < 4.78 is 19.1. The molecular weight excluding hydrogens is 395 g/mol. The average molecular weight is 418 g/mol. The lowest BCUT2D eigenvalue weighted by Crippen LogP contribution is -2.44. The Bertz CT molecular complexity index is 891. The number of likely N-dealkylation sites (tertiary alicyclic amines) is 1. The number of imide groups is 1. The standard InChI is InChI=1S/C21H23FN2O6/c1-11(24-19(27)14-5-3-4-6-15(14)20(24)28)21(29)30-10-18(26)16-8-7-13(9-17(16)22)23-12(2)25/h7-9,11,14-15H,3-6,10H2,1-2H3,(H,23,25)/t11-,14+,15+/m0/s1. The van der Waals surface area contributed by atoms with Gasteiger partial charge in [-0.3, -0.25) is 24.1 Å². The van der Waals surface area contributed by atoms with Crippen LogP contribution >= 0.6 is 0 Å². The van der Waals surface area contributed by atoms with Gasteiger partial charge in [-0.1, -0.05) is 12.8 Å². The molecule has 3 amide bonds. The molecule has 0 radical (unpaired) electrons. The maximum Gasteiger partial charge on any atom is 0.329 e. The molecule has 0 spiro atoms. The summed E-state index contributed by atoms with van der Waals surface area (Å²) in [7, 11) is 0. The van der Waals surface area contributed by atoms with Crippen molar-refractivity contribution in [1.29, 1.82) is 0 Å². The van der Waals surface area contributed by atoms with E-state index in [1.165, 1.54) is 26.0 Å². The van der Waals surface area contributed by atoms with Gasteiger partial charge in [-0.05, 0) is 38.0 Å². The normalized spacial score (nSPS) is 21.8. The quantitative estimate of drug-likeness (QED) is 0.430. The Kier molecular flexibility index (Phi) is 6.28. The van der Waals surface area contributed by atoms with Gasteiger partial charge in [-0.15, -0.1) is 0 Å². The third-order valence-electron chi connectivity index (χ3n) is 5.54. The molecule has 0 bridgehead atoms. The smallest absolute Gasteiger partial charge is 0.329 e. The number of hydrogen-bond donors (Lipinski definition) is 1. The summed E-state index contributed by atoms with van der Waals surface area (Å²) in [5.41, 5.74) is -0.112. The molecular formula is C21H23FN2O6. The first-order valence-electron chi connectivity index (χ1n) is 9.84. The molecule has 0 aromatic heterocycles. The highest BCUT2D eigenvalue weighted by atomic mass is 19.1. The van der Waals surface area contributed by atoms with Crippen molar-refractivity contribution in [3.8, 4) is 0 Å². The van der Waals surface area contributed by atoms with E-state index in [-0.39, 0.29) is 40.8 Å². The predicted molar refractivity (Wildman–Crippen MR) is 103 cm³/mol. The van der Waals surface area contributed by atoms with Crippen LogP contribution in [0.5, 0.6) is 0 Å². The molecule has 8 nitrogen and oxygen atoms in total. The lowest BCUT2D eigenvalue weighted by molar-refractivity contribution is -0.157. The Morgan fingerprint density at radius 3 is 2.30 bits per heavy atom. The first-order chi connectivity index (χ1) is 14.2. The highest BCUT2D eigenvalue weighted by molar-refractivity contribution is 6.08. The lowest BCUT2D eigenvalue weighted by atomic mass is 9.81. The molecule has 1 heterocycles. The van der Waals surface area contributed by atoms with Crippen molar-refractivity contribution >= 4 is 35.2 Å². The van der Waals surface area contributed by atoms with Gasteiger partial charge in [0.2, 0.25) is 23.5 Å². The van der Waals surface area contributed by atoms with Gasteiger partial charge in [0, 0.05) is 12.6 Å². The Balaban J connectivity index is 1.61. The lowest BCUT2D eigenvalue weighted by Gasteiger charge is -2.21. The number of halogens is 1. The summed E-state index contributed by atoms with van der Waals surface area (Å²) >= 11 is 0. The molecule has 1 saturated carbocycles. The number of amides is 3. The van der Waals surface area contributed by atoms with E-state index in [1.807, 2.05) is 0 Å². The summed E-state index contributed by atoms with van der Waals surface area (Å²) in [6, 6.07) is 2.36. The van der Waals surface area contributed by atoms with Gasteiger partial charge in [0.15, 0.2) is 6.61 Å². The van der Waals surface area contributed by atoms with Crippen molar-refractivity contribution in [2.45, 2.75) is 45.6 Å². The van der Waals surface area contributed by atoms with Gasteiger partial charge in [0.1, 0.15) is 11.9 Å². The highest BCUT2D eigenvalue weighted by Crippen LogP contribution is 2.38. The molecule has 2 aliphatic rings. The van der Waals surface area contributed by atoms with Gasteiger partial charge in [0.05, 0.1) is 17.4 Å². The largest absolute Gasteiger partial charge is 0.456 e. The number of esters is 1. The Morgan fingerprint density at radius 2 is 1.77 bits per heavy atom. The fourth-order valence-electron chi connectivity index (χ4n) is 4.03. The van der Waals surface area contributed by atoms with Crippen molar-refractivity contribution in [3.05, 3.63) is 29.6 Å². The number of ether oxygens (including phenoxy) is 1. The second kappa shape index (κ2) is 8.73. The number of rotatable bonds is 6.